The van der Waals surface area contributed by atoms with Gasteiger partial charge < -0.3 is 0 Å². The van der Waals surface area contributed by atoms with E-state index in [4.69, 9.17) is 0 Å². The molecule has 1 aliphatic carbocycles. The fourth-order valence-electron chi connectivity index (χ4n) is 4.07. The Labute approximate surface area is 156 Å². The van der Waals surface area contributed by atoms with Gasteiger partial charge in [-0.25, -0.2) is 8.78 Å². The van der Waals surface area contributed by atoms with Gasteiger partial charge >= 0.3 is 0 Å². The molecule has 2 aromatic carbocycles. The Morgan fingerprint density at radius 1 is 0.846 bits per heavy atom. The highest BCUT2D eigenvalue weighted by molar-refractivity contribution is 5.31. The third-order valence-corrected chi connectivity index (χ3v) is 5.76. The molecule has 0 fully saturated rings. The number of hydrogen-bond donors (Lipinski definition) is 0. The molecule has 0 nitrogen and oxygen atoms in total. The van der Waals surface area contributed by atoms with E-state index in [1.165, 1.54) is 55.4 Å². The largest absolute Gasteiger partial charge is 0.204 e. The van der Waals surface area contributed by atoms with Gasteiger partial charge in [-0.2, -0.15) is 0 Å². The lowest BCUT2D eigenvalue weighted by atomic mass is 9.81. The molecule has 0 radical (unpaired) electrons. The molecule has 1 atom stereocenters. The van der Waals surface area contributed by atoms with Crippen LogP contribution in [0.25, 0.3) is 0 Å². The average Bonchev–Trinajstić information content (AvgIpc) is 2.65. The lowest BCUT2D eigenvalue weighted by Crippen LogP contribution is -2.16. The molecule has 0 saturated carbocycles. The van der Waals surface area contributed by atoms with Crippen LogP contribution in [-0.2, 0) is 25.7 Å². The summed E-state index contributed by atoms with van der Waals surface area (Å²) >= 11 is 0. The predicted molar refractivity (Wildman–Crippen MR) is 104 cm³/mol. The second-order valence-electron chi connectivity index (χ2n) is 7.81. The molecular weight excluding hydrogens is 326 g/mol. The molecule has 3 rings (SSSR count). The molecule has 0 N–H and O–H groups in total. The van der Waals surface area contributed by atoms with Crippen LogP contribution >= 0.6 is 0 Å². The van der Waals surface area contributed by atoms with E-state index in [-0.39, 0.29) is 0 Å². The zero-order chi connectivity index (χ0) is 18.4. The standard InChI is InChI=1S/C24H30F2/c1-2-3-4-5-6-18-7-9-19(10-8-18)11-12-20-13-14-21-16-23(25)24(26)17-22(21)15-20/h7-10,16-17,20H,2-6,11-15H2,1H3. The van der Waals surface area contributed by atoms with Crippen molar-refractivity contribution in [1.82, 2.24) is 0 Å². The lowest BCUT2D eigenvalue weighted by Gasteiger charge is -2.24. The summed E-state index contributed by atoms with van der Waals surface area (Å²) in [5.74, 6) is -0.850. The molecule has 1 unspecified atom stereocenters. The number of unbranched alkanes of at least 4 members (excludes halogenated alkanes) is 3. The molecule has 0 aromatic heterocycles. The van der Waals surface area contributed by atoms with Gasteiger partial charge in [0.2, 0.25) is 0 Å². The zero-order valence-corrected chi connectivity index (χ0v) is 15.9. The quantitative estimate of drug-likeness (QED) is 0.455. The summed E-state index contributed by atoms with van der Waals surface area (Å²) in [7, 11) is 0. The fourth-order valence-corrected chi connectivity index (χ4v) is 4.07. The molecule has 2 heteroatoms. The van der Waals surface area contributed by atoms with Crippen LogP contribution in [-0.4, -0.2) is 0 Å². The first kappa shape index (κ1) is 19.1. The van der Waals surface area contributed by atoms with E-state index in [0.717, 1.165) is 43.2 Å². The minimum atomic E-state index is -0.711. The second-order valence-corrected chi connectivity index (χ2v) is 7.81. The van der Waals surface area contributed by atoms with Gasteiger partial charge in [0.15, 0.2) is 11.6 Å². The van der Waals surface area contributed by atoms with E-state index in [2.05, 4.69) is 31.2 Å². The third-order valence-electron chi connectivity index (χ3n) is 5.76. The fraction of sp³-hybridized carbons (Fsp3) is 0.500. The monoisotopic (exact) mass is 356 g/mol. The van der Waals surface area contributed by atoms with Crippen LogP contribution in [0.5, 0.6) is 0 Å². The van der Waals surface area contributed by atoms with Crippen molar-refractivity contribution < 1.29 is 8.78 Å². The molecule has 0 spiro atoms. The molecule has 2 aromatic rings. The molecule has 0 amide bonds. The van der Waals surface area contributed by atoms with Crippen LogP contribution in [0.2, 0.25) is 0 Å². The number of fused-ring (bicyclic) bond motifs is 1. The predicted octanol–water partition coefficient (Wildman–Crippen LogP) is 6.83. The summed E-state index contributed by atoms with van der Waals surface area (Å²) in [6.07, 6.45) is 11.4. The molecule has 0 heterocycles. The molecule has 26 heavy (non-hydrogen) atoms. The molecule has 140 valence electrons. The van der Waals surface area contributed by atoms with Crippen molar-refractivity contribution >= 4 is 0 Å². The van der Waals surface area contributed by atoms with Crippen molar-refractivity contribution in [2.45, 2.75) is 71.1 Å². The van der Waals surface area contributed by atoms with Crippen LogP contribution in [0.1, 0.15) is 67.7 Å². The minimum Gasteiger partial charge on any atom is -0.204 e. The van der Waals surface area contributed by atoms with Crippen molar-refractivity contribution in [3.63, 3.8) is 0 Å². The Bertz CT molecular complexity index is 703. The average molecular weight is 357 g/mol. The summed E-state index contributed by atoms with van der Waals surface area (Å²) < 4.78 is 26.8. The molecular formula is C24H30F2. The maximum atomic E-state index is 13.5. The molecule has 0 bridgehead atoms. The van der Waals surface area contributed by atoms with Gasteiger partial charge in [0.05, 0.1) is 0 Å². The number of aryl methyl sites for hydroxylation is 3. The van der Waals surface area contributed by atoms with Crippen LogP contribution in [0.3, 0.4) is 0 Å². The first-order valence-electron chi connectivity index (χ1n) is 10.2. The number of benzene rings is 2. The van der Waals surface area contributed by atoms with Crippen molar-refractivity contribution in [3.8, 4) is 0 Å². The van der Waals surface area contributed by atoms with Crippen molar-refractivity contribution in [2.24, 2.45) is 5.92 Å². The number of hydrogen-bond acceptors (Lipinski definition) is 0. The van der Waals surface area contributed by atoms with E-state index < -0.39 is 11.6 Å². The van der Waals surface area contributed by atoms with E-state index in [9.17, 15) is 8.78 Å². The Kier molecular flexibility index (Phi) is 6.82. The summed E-state index contributed by atoms with van der Waals surface area (Å²) in [6.45, 7) is 2.24. The van der Waals surface area contributed by atoms with E-state index >= 15 is 0 Å². The Balaban J connectivity index is 1.48. The second kappa shape index (κ2) is 9.30. The van der Waals surface area contributed by atoms with Crippen molar-refractivity contribution in [1.29, 1.82) is 0 Å². The minimum absolute atomic E-state index is 0.570. The van der Waals surface area contributed by atoms with Crippen LogP contribution in [0.15, 0.2) is 36.4 Å². The molecule has 0 saturated heterocycles. The van der Waals surface area contributed by atoms with Gasteiger partial charge in [0.25, 0.3) is 0 Å². The topological polar surface area (TPSA) is 0 Å². The van der Waals surface area contributed by atoms with E-state index in [0.29, 0.717) is 5.92 Å². The smallest absolute Gasteiger partial charge is 0.159 e. The van der Waals surface area contributed by atoms with Gasteiger partial charge in [-0.3, -0.25) is 0 Å². The molecule has 0 aliphatic heterocycles. The normalized spacial score (nSPS) is 16.5. The van der Waals surface area contributed by atoms with Gasteiger partial charge in [0.1, 0.15) is 0 Å². The number of halogens is 2. The van der Waals surface area contributed by atoms with Crippen LogP contribution in [0.4, 0.5) is 8.78 Å². The first-order chi connectivity index (χ1) is 12.7. The SMILES string of the molecule is CCCCCCc1ccc(CCC2CCc3cc(F)c(F)cc3C2)cc1. The summed E-state index contributed by atoms with van der Waals surface area (Å²) in [5, 5.41) is 0. The van der Waals surface area contributed by atoms with Crippen LogP contribution in [0, 0.1) is 17.6 Å². The molecule has 1 aliphatic rings. The van der Waals surface area contributed by atoms with E-state index in [1.807, 2.05) is 0 Å². The third kappa shape index (κ3) is 5.16. The van der Waals surface area contributed by atoms with Gasteiger partial charge in [-0.1, -0.05) is 50.5 Å². The maximum absolute atomic E-state index is 13.5. The van der Waals surface area contributed by atoms with Gasteiger partial charge in [0, 0.05) is 0 Å². The van der Waals surface area contributed by atoms with Crippen LogP contribution < -0.4 is 0 Å². The van der Waals surface area contributed by atoms with Gasteiger partial charge in [-0.15, -0.1) is 0 Å². The zero-order valence-electron chi connectivity index (χ0n) is 15.9. The van der Waals surface area contributed by atoms with Crippen molar-refractivity contribution in [3.05, 3.63) is 70.3 Å². The van der Waals surface area contributed by atoms with Gasteiger partial charge in [-0.05, 0) is 85.3 Å². The summed E-state index contributed by atoms with van der Waals surface area (Å²) in [5.41, 5.74) is 4.82. The summed E-state index contributed by atoms with van der Waals surface area (Å²) in [6, 6.07) is 11.9. The Hall–Kier alpha value is -1.70. The maximum Gasteiger partial charge on any atom is 0.159 e. The Morgan fingerprint density at radius 3 is 2.19 bits per heavy atom. The Morgan fingerprint density at radius 2 is 1.50 bits per heavy atom. The highest BCUT2D eigenvalue weighted by Crippen LogP contribution is 2.30. The van der Waals surface area contributed by atoms with Crippen molar-refractivity contribution in [2.75, 3.05) is 0 Å². The highest BCUT2D eigenvalue weighted by atomic mass is 19.2. The lowest BCUT2D eigenvalue weighted by molar-refractivity contribution is 0.420. The first-order valence-corrected chi connectivity index (χ1v) is 10.2. The summed E-state index contributed by atoms with van der Waals surface area (Å²) in [4.78, 5) is 0. The van der Waals surface area contributed by atoms with E-state index in [1.54, 1.807) is 0 Å². The number of rotatable bonds is 8. The highest BCUT2D eigenvalue weighted by Gasteiger charge is 2.20.